The molecule has 0 bridgehead atoms. The molecule has 4 rings (SSSR count). The van der Waals surface area contributed by atoms with Gasteiger partial charge in [0.25, 0.3) is 5.91 Å². The van der Waals surface area contributed by atoms with Crippen LogP contribution in [0.4, 0.5) is 14.5 Å². The highest BCUT2D eigenvalue weighted by atomic mass is 19.1. The van der Waals surface area contributed by atoms with Gasteiger partial charge in [0.15, 0.2) is 0 Å². The van der Waals surface area contributed by atoms with Gasteiger partial charge in [0.1, 0.15) is 17.4 Å². The van der Waals surface area contributed by atoms with E-state index in [0.717, 1.165) is 0 Å². The maximum atomic E-state index is 13.8. The predicted molar refractivity (Wildman–Crippen MR) is 93.1 cm³/mol. The lowest BCUT2D eigenvalue weighted by Gasteiger charge is -2.16. The highest BCUT2D eigenvalue weighted by Crippen LogP contribution is 2.37. The molecular formula is C20H14F2N2O2. The molecule has 0 unspecified atom stereocenters. The van der Waals surface area contributed by atoms with Crippen molar-refractivity contribution in [2.45, 2.75) is 6.54 Å². The number of hydrogen-bond donors (Lipinski definition) is 0. The monoisotopic (exact) mass is 352 g/mol. The molecule has 4 nitrogen and oxygen atoms in total. The van der Waals surface area contributed by atoms with Crippen LogP contribution in [0.3, 0.4) is 0 Å². The van der Waals surface area contributed by atoms with E-state index >= 15 is 0 Å². The standard InChI is InChI=1S/C20H14F2N2O2/c1-26-18-7-4-13(22)10-16(18)19-17-11-24(14-5-2-12(21)3-6-14)20(25)15(17)8-9-23-19/h2-10H,11H2,1H3. The van der Waals surface area contributed by atoms with Crippen molar-refractivity contribution in [2.24, 2.45) is 0 Å². The Morgan fingerprint density at radius 3 is 2.46 bits per heavy atom. The van der Waals surface area contributed by atoms with Crippen LogP contribution < -0.4 is 9.64 Å². The molecule has 130 valence electrons. The van der Waals surface area contributed by atoms with Crippen molar-refractivity contribution in [1.82, 2.24) is 4.98 Å². The lowest BCUT2D eigenvalue weighted by atomic mass is 10.0. The molecule has 1 amide bonds. The lowest BCUT2D eigenvalue weighted by Crippen LogP contribution is -2.22. The molecule has 1 aromatic heterocycles. The summed E-state index contributed by atoms with van der Waals surface area (Å²) in [7, 11) is 1.50. The van der Waals surface area contributed by atoms with Crippen LogP contribution in [-0.4, -0.2) is 18.0 Å². The second-order valence-corrected chi connectivity index (χ2v) is 5.90. The number of halogens is 2. The Bertz CT molecular complexity index is 1000. The molecule has 2 aromatic carbocycles. The van der Waals surface area contributed by atoms with Crippen molar-refractivity contribution in [2.75, 3.05) is 12.0 Å². The van der Waals surface area contributed by atoms with Crippen LogP contribution >= 0.6 is 0 Å². The number of nitrogens with zero attached hydrogens (tertiary/aromatic N) is 2. The third kappa shape index (κ3) is 2.60. The number of methoxy groups -OCH3 is 1. The fraction of sp³-hybridized carbons (Fsp3) is 0.100. The maximum absolute atomic E-state index is 13.8. The van der Waals surface area contributed by atoms with E-state index in [2.05, 4.69) is 4.98 Å². The van der Waals surface area contributed by atoms with Crippen molar-refractivity contribution in [3.8, 4) is 17.0 Å². The second kappa shape index (κ2) is 6.22. The number of anilines is 1. The molecular weight excluding hydrogens is 338 g/mol. The first-order valence-corrected chi connectivity index (χ1v) is 7.97. The molecule has 0 N–H and O–H groups in total. The van der Waals surface area contributed by atoms with Gasteiger partial charge in [0.05, 0.1) is 19.3 Å². The van der Waals surface area contributed by atoms with Crippen LogP contribution in [0, 0.1) is 11.6 Å². The summed E-state index contributed by atoms with van der Waals surface area (Å²) in [6, 6.07) is 11.5. The lowest BCUT2D eigenvalue weighted by molar-refractivity contribution is 0.0996. The minimum Gasteiger partial charge on any atom is -0.496 e. The zero-order chi connectivity index (χ0) is 18.3. The van der Waals surface area contributed by atoms with Gasteiger partial charge >= 0.3 is 0 Å². The van der Waals surface area contributed by atoms with E-state index in [0.29, 0.717) is 33.8 Å². The van der Waals surface area contributed by atoms with Crippen molar-refractivity contribution < 1.29 is 18.3 Å². The fourth-order valence-electron chi connectivity index (χ4n) is 3.16. The summed E-state index contributed by atoms with van der Waals surface area (Å²) in [6.45, 7) is 0.267. The molecule has 0 saturated heterocycles. The van der Waals surface area contributed by atoms with Gasteiger partial charge in [0, 0.05) is 28.6 Å². The Labute approximate surface area is 148 Å². The van der Waals surface area contributed by atoms with Gasteiger partial charge < -0.3 is 9.64 Å². The molecule has 0 radical (unpaired) electrons. The topological polar surface area (TPSA) is 42.4 Å². The van der Waals surface area contributed by atoms with Gasteiger partial charge in [0.2, 0.25) is 0 Å². The average Bonchev–Trinajstić information content (AvgIpc) is 2.99. The van der Waals surface area contributed by atoms with Crippen molar-refractivity contribution in [3.63, 3.8) is 0 Å². The zero-order valence-electron chi connectivity index (χ0n) is 13.9. The Kier molecular flexibility index (Phi) is 3.88. The largest absolute Gasteiger partial charge is 0.496 e. The number of benzene rings is 2. The summed E-state index contributed by atoms with van der Waals surface area (Å²) >= 11 is 0. The number of rotatable bonds is 3. The van der Waals surface area contributed by atoms with Gasteiger partial charge in [-0.25, -0.2) is 8.78 Å². The number of aromatic nitrogens is 1. The van der Waals surface area contributed by atoms with Crippen LogP contribution in [0.5, 0.6) is 5.75 Å². The second-order valence-electron chi connectivity index (χ2n) is 5.90. The smallest absolute Gasteiger partial charge is 0.259 e. The summed E-state index contributed by atoms with van der Waals surface area (Å²) in [4.78, 5) is 18.7. The van der Waals surface area contributed by atoms with Gasteiger partial charge in [-0.1, -0.05) is 0 Å². The maximum Gasteiger partial charge on any atom is 0.259 e. The first-order chi connectivity index (χ1) is 12.6. The van der Waals surface area contributed by atoms with Crippen LogP contribution in [0.2, 0.25) is 0 Å². The molecule has 0 atom stereocenters. The van der Waals surface area contributed by atoms with E-state index in [-0.39, 0.29) is 18.3 Å². The van der Waals surface area contributed by atoms with Gasteiger partial charge in [-0.2, -0.15) is 0 Å². The summed E-state index contributed by atoms with van der Waals surface area (Å²) in [5, 5.41) is 0. The average molecular weight is 352 g/mol. The number of amides is 1. The van der Waals surface area contributed by atoms with Crippen molar-refractivity contribution >= 4 is 11.6 Å². The highest BCUT2D eigenvalue weighted by Gasteiger charge is 2.32. The molecule has 26 heavy (non-hydrogen) atoms. The van der Waals surface area contributed by atoms with Crippen LogP contribution in [-0.2, 0) is 6.54 Å². The van der Waals surface area contributed by atoms with E-state index in [1.807, 2.05) is 0 Å². The molecule has 0 spiro atoms. The predicted octanol–water partition coefficient (Wildman–Crippen LogP) is 4.20. The summed E-state index contributed by atoms with van der Waals surface area (Å²) < 4.78 is 32.3. The third-order valence-electron chi connectivity index (χ3n) is 4.40. The minimum absolute atomic E-state index is 0.203. The van der Waals surface area contributed by atoms with Crippen LogP contribution in [0.25, 0.3) is 11.3 Å². The Balaban J connectivity index is 1.82. The third-order valence-corrected chi connectivity index (χ3v) is 4.40. The van der Waals surface area contributed by atoms with E-state index in [9.17, 15) is 13.6 Å². The Morgan fingerprint density at radius 2 is 1.73 bits per heavy atom. The Hall–Kier alpha value is -3.28. The number of carbonyl (C=O) groups excluding carboxylic acids is 1. The summed E-state index contributed by atoms with van der Waals surface area (Å²) in [5.74, 6) is -0.518. The molecule has 1 aliphatic rings. The fourth-order valence-corrected chi connectivity index (χ4v) is 3.16. The molecule has 1 aliphatic heterocycles. The van der Waals surface area contributed by atoms with Crippen molar-refractivity contribution in [1.29, 1.82) is 0 Å². The molecule has 0 aliphatic carbocycles. The first-order valence-electron chi connectivity index (χ1n) is 7.97. The number of fused-ring (bicyclic) bond motifs is 1. The highest BCUT2D eigenvalue weighted by molar-refractivity contribution is 6.11. The summed E-state index contributed by atoms with van der Waals surface area (Å²) in [6.07, 6.45) is 1.52. The number of ether oxygens (including phenoxy) is 1. The SMILES string of the molecule is COc1ccc(F)cc1-c1nccc2c1CN(c1ccc(F)cc1)C2=O. The minimum atomic E-state index is -0.417. The zero-order valence-corrected chi connectivity index (χ0v) is 13.9. The van der Waals surface area contributed by atoms with E-state index < -0.39 is 5.82 Å². The quantitative estimate of drug-likeness (QED) is 0.710. The van der Waals surface area contributed by atoms with Crippen LogP contribution in [0.15, 0.2) is 54.7 Å². The van der Waals surface area contributed by atoms with Gasteiger partial charge in [-0.15, -0.1) is 0 Å². The van der Waals surface area contributed by atoms with Crippen LogP contribution in [0.1, 0.15) is 15.9 Å². The first kappa shape index (κ1) is 16.2. The molecule has 0 fully saturated rings. The molecule has 3 aromatic rings. The normalized spacial score (nSPS) is 13.0. The van der Waals surface area contributed by atoms with E-state index in [4.69, 9.17) is 4.74 Å². The van der Waals surface area contributed by atoms with Gasteiger partial charge in [-0.05, 0) is 48.5 Å². The van der Waals surface area contributed by atoms with E-state index in [1.54, 1.807) is 23.1 Å². The molecule has 2 heterocycles. The molecule has 0 saturated carbocycles. The number of carbonyl (C=O) groups is 1. The number of hydrogen-bond acceptors (Lipinski definition) is 3. The summed E-state index contributed by atoms with van der Waals surface area (Å²) in [5.41, 5.74) is 2.75. The molecule has 6 heteroatoms. The van der Waals surface area contributed by atoms with E-state index in [1.165, 1.54) is 43.6 Å². The number of pyridine rings is 1. The Morgan fingerprint density at radius 1 is 1.00 bits per heavy atom. The van der Waals surface area contributed by atoms with Crippen molar-refractivity contribution in [3.05, 3.63) is 77.5 Å². The van der Waals surface area contributed by atoms with Gasteiger partial charge in [-0.3, -0.25) is 9.78 Å².